The van der Waals surface area contributed by atoms with E-state index in [0.717, 1.165) is 18.2 Å². The van der Waals surface area contributed by atoms with Crippen molar-refractivity contribution in [2.75, 3.05) is 6.54 Å². The lowest BCUT2D eigenvalue weighted by atomic mass is 10.1. The van der Waals surface area contributed by atoms with Gasteiger partial charge in [0.25, 0.3) is 10.0 Å². The minimum Gasteiger partial charge on any atom is -0.480 e. The van der Waals surface area contributed by atoms with Crippen LogP contribution in [0.15, 0.2) is 23.1 Å². The lowest BCUT2D eigenvalue weighted by Crippen LogP contribution is -2.50. The number of hydrogen-bond acceptors (Lipinski definition) is 6. The van der Waals surface area contributed by atoms with Crippen LogP contribution in [0.5, 0.6) is 0 Å². The SMILES string of the molecule is CC(C)(C)OC(=O)N([C@H](CCCN)C(=O)O)S(=O)(=O)c1ccc(F)cc1Cl. The fourth-order valence-electron chi connectivity index (χ4n) is 2.14. The smallest absolute Gasteiger partial charge is 0.425 e. The molecule has 152 valence electrons. The number of carbonyl (C=O) groups excluding carboxylic acids is 1. The molecule has 0 bridgehead atoms. The number of sulfonamides is 1. The molecule has 0 saturated heterocycles. The van der Waals surface area contributed by atoms with E-state index in [1.165, 1.54) is 20.8 Å². The van der Waals surface area contributed by atoms with Gasteiger partial charge in [-0.25, -0.2) is 22.4 Å². The molecule has 0 aromatic heterocycles. The van der Waals surface area contributed by atoms with Gasteiger partial charge in [0.15, 0.2) is 0 Å². The molecule has 0 aliphatic heterocycles. The Morgan fingerprint density at radius 1 is 1.37 bits per heavy atom. The minimum atomic E-state index is -4.76. The Hall–Kier alpha value is -1.91. The molecule has 0 saturated carbocycles. The molecule has 1 rings (SSSR count). The quantitative estimate of drug-likeness (QED) is 0.688. The molecule has 0 aliphatic rings. The molecule has 1 amide bonds. The van der Waals surface area contributed by atoms with Crippen LogP contribution in [0.4, 0.5) is 9.18 Å². The summed E-state index contributed by atoms with van der Waals surface area (Å²) >= 11 is 5.82. The number of benzene rings is 1. The van der Waals surface area contributed by atoms with Crippen molar-refractivity contribution >= 4 is 33.7 Å². The minimum absolute atomic E-state index is 0.0866. The van der Waals surface area contributed by atoms with Gasteiger partial charge in [0, 0.05) is 0 Å². The second-order valence-electron chi connectivity index (χ2n) is 6.64. The lowest BCUT2D eigenvalue weighted by molar-refractivity contribution is -0.141. The lowest BCUT2D eigenvalue weighted by Gasteiger charge is -2.31. The van der Waals surface area contributed by atoms with E-state index >= 15 is 0 Å². The van der Waals surface area contributed by atoms with Gasteiger partial charge >= 0.3 is 12.1 Å². The van der Waals surface area contributed by atoms with Gasteiger partial charge in [-0.2, -0.15) is 4.31 Å². The van der Waals surface area contributed by atoms with Gasteiger partial charge in [-0.05, 0) is 58.4 Å². The van der Waals surface area contributed by atoms with Crippen molar-refractivity contribution < 1.29 is 32.2 Å². The predicted molar refractivity (Wildman–Crippen MR) is 96.4 cm³/mol. The zero-order valence-corrected chi connectivity index (χ0v) is 16.7. The molecule has 8 nitrogen and oxygen atoms in total. The molecule has 0 fully saturated rings. The number of rotatable bonds is 7. The molecule has 27 heavy (non-hydrogen) atoms. The maximum Gasteiger partial charge on any atom is 0.425 e. The van der Waals surface area contributed by atoms with Crippen molar-refractivity contribution in [1.29, 1.82) is 0 Å². The molecule has 0 aliphatic carbocycles. The summed E-state index contributed by atoms with van der Waals surface area (Å²) in [5, 5.41) is 9.00. The van der Waals surface area contributed by atoms with Crippen molar-refractivity contribution in [3.05, 3.63) is 29.0 Å². The summed E-state index contributed by atoms with van der Waals surface area (Å²) in [4.78, 5) is 23.6. The van der Waals surface area contributed by atoms with E-state index in [2.05, 4.69) is 0 Å². The van der Waals surface area contributed by atoms with Crippen LogP contribution in [0.1, 0.15) is 33.6 Å². The van der Waals surface area contributed by atoms with E-state index in [9.17, 15) is 27.5 Å². The molecular formula is C16H22ClFN2O6S. The van der Waals surface area contributed by atoms with Crippen LogP contribution >= 0.6 is 11.6 Å². The van der Waals surface area contributed by atoms with Crippen molar-refractivity contribution in [3.63, 3.8) is 0 Å². The van der Waals surface area contributed by atoms with Crippen molar-refractivity contribution in [3.8, 4) is 0 Å². The van der Waals surface area contributed by atoms with Crippen LogP contribution in [-0.4, -0.2) is 48.1 Å². The molecular weight excluding hydrogens is 403 g/mol. The number of hydrogen-bond donors (Lipinski definition) is 2. The van der Waals surface area contributed by atoms with E-state index < -0.39 is 49.5 Å². The summed E-state index contributed by atoms with van der Waals surface area (Å²) in [5.41, 5.74) is 4.29. The summed E-state index contributed by atoms with van der Waals surface area (Å²) in [5.74, 6) is -2.35. The third-order valence-corrected chi connectivity index (χ3v) is 5.51. The second-order valence-corrected chi connectivity index (χ2v) is 8.83. The highest BCUT2D eigenvalue weighted by atomic mass is 35.5. The normalized spacial score (nSPS) is 13.1. The van der Waals surface area contributed by atoms with Gasteiger partial charge < -0.3 is 15.6 Å². The maximum atomic E-state index is 13.3. The maximum absolute atomic E-state index is 13.3. The molecule has 1 aromatic rings. The molecule has 1 atom stereocenters. The largest absolute Gasteiger partial charge is 0.480 e. The third-order valence-electron chi connectivity index (χ3n) is 3.25. The first kappa shape index (κ1) is 23.1. The number of carboxylic acids is 1. The van der Waals surface area contributed by atoms with Crippen LogP contribution in [0, 0.1) is 5.82 Å². The van der Waals surface area contributed by atoms with Crippen LogP contribution in [0.25, 0.3) is 0 Å². The van der Waals surface area contributed by atoms with E-state index in [0.29, 0.717) is 0 Å². The number of nitrogens with two attached hydrogens (primary N) is 1. The van der Waals surface area contributed by atoms with E-state index in [1.54, 1.807) is 0 Å². The Labute approximate surface area is 162 Å². The second kappa shape index (κ2) is 8.85. The Bertz CT molecular complexity index is 810. The van der Waals surface area contributed by atoms with Crippen molar-refractivity contribution in [2.45, 2.75) is 50.2 Å². The highest BCUT2D eigenvalue weighted by Crippen LogP contribution is 2.29. The summed E-state index contributed by atoms with van der Waals surface area (Å²) in [6.45, 7) is 4.58. The number of carbonyl (C=O) groups is 2. The molecule has 0 unspecified atom stereocenters. The topological polar surface area (TPSA) is 127 Å². The number of carboxylic acid groups (broad SMARTS) is 1. The summed E-state index contributed by atoms with van der Waals surface area (Å²) in [6, 6.07) is 0.667. The molecule has 0 heterocycles. The summed E-state index contributed by atoms with van der Waals surface area (Å²) in [6.07, 6.45) is -1.47. The van der Waals surface area contributed by atoms with Gasteiger partial charge in [0.1, 0.15) is 22.4 Å². The van der Waals surface area contributed by atoms with E-state index in [1.807, 2.05) is 0 Å². The number of ether oxygens (including phenoxy) is 1. The van der Waals surface area contributed by atoms with Gasteiger partial charge in [0.2, 0.25) is 0 Å². The average molecular weight is 425 g/mol. The van der Waals surface area contributed by atoms with E-state index in [4.69, 9.17) is 22.1 Å². The number of amides is 1. The molecule has 3 N–H and O–H groups in total. The van der Waals surface area contributed by atoms with Crippen LogP contribution in [0.3, 0.4) is 0 Å². The first-order valence-corrected chi connectivity index (χ1v) is 9.78. The highest BCUT2D eigenvalue weighted by molar-refractivity contribution is 7.89. The molecule has 11 heteroatoms. The van der Waals surface area contributed by atoms with Crippen LogP contribution in [-0.2, 0) is 19.6 Å². The van der Waals surface area contributed by atoms with Gasteiger partial charge in [0.05, 0.1) is 5.02 Å². The predicted octanol–water partition coefficient (Wildman–Crippen LogP) is 2.60. The van der Waals surface area contributed by atoms with Crippen molar-refractivity contribution in [2.24, 2.45) is 5.73 Å². The van der Waals surface area contributed by atoms with Gasteiger partial charge in [-0.15, -0.1) is 0 Å². The zero-order chi connectivity index (χ0) is 21.0. The monoisotopic (exact) mass is 424 g/mol. The standard InChI is InChI=1S/C16H22ClFN2O6S/c1-16(2,3)26-15(23)20(12(14(21)22)5-4-8-19)27(24,25)13-7-6-10(18)9-11(13)17/h6-7,9,12H,4-5,8,19H2,1-3H3,(H,21,22)/t12-/m1/s1. The zero-order valence-electron chi connectivity index (χ0n) is 15.1. The Morgan fingerprint density at radius 3 is 2.41 bits per heavy atom. The Morgan fingerprint density at radius 2 is 1.96 bits per heavy atom. The summed E-state index contributed by atoms with van der Waals surface area (Å²) in [7, 11) is -4.76. The van der Waals surface area contributed by atoms with Crippen LogP contribution < -0.4 is 5.73 Å². The van der Waals surface area contributed by atoms with E-state index in [-0.39, 0.29) is 23.7 Å². The molecule has 0 radical (unpaired) electrons. The molecule has 1 aromatic carbocycles. The fraction of sp³-hybridized carbons (Fsp3) is 0.500. The van der Waals surface area contributed by atoms with Crippen LogP contribution in [0.2, 0.25) is 5.02 Å². The number of nitrogens with zero attached hydrogens (tertiary/aromatic N) is 1. The first-order valence-electron chi connectivity index (χ1n) is 7.96. The number of aliphatic carboxylic acids is 1. The van der Waals surface area contributed by atoms with Gasteiger partial charge in [-0.3, -0.25) is 0 Å². The molecule has 0 spiro atoms. The van der Waals surface area contributed by atoms with Gasteiger partial charge in [-0.1, -0.05) is 11.6 Å². The first-order chi connectivity index (χ1) is 12.3. The van der Waals surface area contributed by atoms with Crippen molar-refractivity contribution in [1.82, 2.24) is 4.31 Å². The Balaban J connectivity index is 3.54. The summed E-state index contributed by atoms with van der Waals surface area (Å²) < 4.78 is 44.5. The highest BCUT2D eigenvalue weighted by Gasteiger charge is 2.42. The Kier molecular flexibility index (Phi) is 7.58. The number of halogens is 2. The third kappa shape index (κ3) is 6.05. The fourth-order valence-corrected chi connectivity index (χ4v) is 4.12. The average Bonchev–Trinajstić information content (AvgIpc) is 2.48.